The molecule has 0 fully saturated rings. The Balaban J connectivity index is 1.92. The second-order valence-electron chi connectivity index (χ2n) is 7.32. The quantitative estimate of drug-likeness (QED) is 0.573. The number of hydrogen-bond donors (Lipinski definition) is 2. The zero-order chi connectivity index (χ0) is 22.1. The van der Waals surface area contributed by atoms with E-state index in [0.29, 0.717) is 5.56 Å². The van der Waals surface area contributed by atoms with Crippen LogP contribution in [0.25, 0.3) is 0 Å². The lowest BCUT2D eigenvalue weighted by molar-refractivity contribution is 0.101. The summed E-state index contributed by atoms with van der Waals surface area (Å²) < 4.78 is 38.1. The molecule has 0 saturated heterocycles. The molecular weight excluding hydrogens is 429 g/mol. The topological polar surface area (TPSA) is 101 Å². The summed E-state index contributed by atoms with van der Waals surface area (Å²) in [5.74, 6) is -0.543. The number of aromatic nitrogens is 2. The number of nitrogens with one attached hydrogen (secondary N) is 1. The van der Waals surface area contributed by atoms with Crippen LogP contribution in [0.15, 0.2) is 47.6 Å². The third kappa shape index (κ3) is 5.13. The predicted octanol–water partition coefficient (Wildman–Crippen LogP) is 3.48. The number of halogens is 1. The Morgan fingerprint density at radius 1 is 1.30 bits per heavy atom. The largest absolute Gasteiger partial charge is 0.388 e. The first kappa shape index (κ1) is 22.1. The number of anilines is 1. The first-order chi connectivity index (χ1) is 14.0. The summed E-state index contributed by atoms with van der Waals surface area (Å²) in [4.78, 5) is 16.8. The molecule has 0 radical (unpaired) electrons. The standard InChI is InChI=1S/C20H22FN3O4S2/c1-12(2)18(25)14-8-16(19(26)23-20-22-9-17(21)29-20)24(11-14)10-13-4-6-15(7-5-13)30(3,27)28/h4-9,11-12,18,25H,10H2,1-3H3,(H,22,23,26). The fourth-order valence-electron chi connectivity index (χ4n) is 2.91. The average Bonchev–Trinajstić information content (AvgIpc) is 3.27. The number of rotatable bonds is 7. The molecule has 0 aliphatic carbocycles. The van der Waals surface area contributed by atoms with Crippen molar-refractivity contribution in [3.05, 3.63) is 64.7 Å². The maximum Gasteiger partial charge on any atom is 0.274 e. The van der Waals surface area contributed by atoms with Crippen molar-refractivity contribution in [1.82, 2.24) is 9.55 Å². The molecule has 0 spiro atoms. The SMILES string of the molecule is CC(C)C(O)c1cc(C(=O)Nc2ncc(F)s2)n(Cc2ccc(S(C)(=O)=O)cc2)c1. The molecule has 1 amide bonds. The van der Waals surface area contributed by atoms with Crippen LogP contribution in [0, 0.1) is 11.0 Å². The molecule has 2 aromatic heterocycles. The third-order valence-electron chi connectivity index (χ3n) is 4.53. The average molecular weight is 452 g/mol. The van der Waals surface area contributed by atoms with E-state index in [2.05, 4.69) is 10.3 Å². The van der Waals surface area contributed by atoms with E-state index < -0.39 is 27.0 Å². The molecule has 3 aromatic rings. The number of carbonyl (C=O) groups excluding carboxylic acids is 1. The molecule has 10 heteroatoms. The van der Waals surface area contributed by atoms with E-state index in [-0.39, 0.29) is 28.2 Å². The molecule has 1 unspecified atom stereocenters. The molecule has 0 saturated carbocycles. The Kier molecular flexibility index (Phi) is 6.39. The van der Waals surface area contributed by atoms with Gasteiger partial charge in [-0.1, -0.05) is 37.3 Å². The summed E-state index contributed by atoms with van der Waals surface area (Å²) in [6.07, 6.45) is 3.09. The lowest BCUT2D eigenvalue weighted by atomic mass is 10.0. The summed E-state index contributed by atoms with van der Waals surface area (Å²) in [6.45, 7) is 4.01. The number of sulfone groups is 1. The Morgan fingerprint density at radius 2 is 1.97 bits per heavy atom. The molecule has 0 aliphatic rings. The van der Waals surface area contributed by atoms with Gasteiger partial charge in [0.2, 0.25) is 0 Å². The van der Waals surface area contributed by atoms with Gasteiger partial charge in [0, 0.05) is 19.0 Å². The van der Waals surface area contributed by atoms with Crippen molar-refractivity contribution in [2.75, 3.05) is 11.6 Å². The van der Waals surface area contributed by atoms with E-state index in [9.17, 15) is 22.7 Å². The highest BCUT2D eigenvalue weighted by molar-refractivity contribution is 7.90. The number of nitrogens with zero attached hydrogens (tertiary/aromatic N) is 2. The Morgan fingerprint density at radius 3 is 2.50 bits per heavy atom. The van der Waals surface area contributed by atoms with Gasteiger partial charge in [0.1, 0.15) is 5.69 Å². The lowest BCUT2D eigenvalue weighted by Gasteiger charge is -2.12. The van der Waals surface area contributed by atoms with Gasteiger partial charge in [-0.2, -0.15) is 4.39 Å². The molecular formula is C20H22FN3O4S2. The fraction of sp³-hybridized carbons (Fsp3) is 0.300. The number of aliphatic hydroxyl groups excluding tert-OH is 1. The van der Waals surface area contributed by atoms with Gasteiger partial charge in [-0.15, -0.1) is 0 Å². The van der Waals surface area contributed by atoms with Crippen LogP contribution in [0.1, 0.15) is 41.6 Å². The van der Waals surface area contributed by atoms with Gasteiger partial charge in [-0.3, -0.25) is 10.1 Å². The molecule has 0 aliphatic heterocycles. The molecule has 0 bridgehead atoms. The third-order valence-corrected chi connectivity index (χ3v) is 6.36. The maximum absolute atomic E-state index is 13.2. The second kappa shape index (κ2) is 8.66. The van der Waals surface area contributed by atoms with E-state index in [1.165, 1.54) is 12.1 Å². The molecule has 2 N–H and O–H groups in total. The highest BCUT2D eigenvalue weighted by Crippen LogP contribution is 2.25. The van der Waals surface area contributed by atoms with Crippen molar-refractivity contribution < 1.29 is 22.7 Å². The van der Waals surface area contributed by atoms with E-state index in [1.54, 1.807) is 29.0 Å². The van der Waals surface area contributed by atoms with Crippen molar-refractivity contribution in [3.8, 4) is 0 Å². The number of hydrogen-bond acceptors (Lipinski definition) is 6. The van der Waals surface area contributed by atoms with Gasteiger partial charge in [0.05, 0.1) is 17.2 Å². The Hall–Kier alpha value is -2.56. The van der Waals surface area contributed by atoms with E-state index in [1.807, 2.05) is 13.8 Å². The van der Waals surface area contributed by atoms with Crippen LogP contribution < -0.4 is 5.32 Å². The minimum absolute atomic E-state index is 0.0566. The summed E-state index contributed by atoms with van der Waals surface area (Å²) in [5, 5.41) is 12.6. The van der Waals surface area contributed by atoms with Crippen molar-refractivity contribution in [2.24, 2.45) is 5.92 Å². The van der Waals surface area contributed by atoms with Crippen LogP contribution in [0.5, 0.6) is 0 Å². The van der Waals surface area contributed by atoms with Gasteiger partial charge >= 0.3 is 0 Å². The highest BCUT2D eigenvalue weighted by Gasteiger charge is 2.21. The molecule has 7 nitrogen and oxygen atoms in total. The van der Waals surface area contributed by atoms with Crippen LogP contribution in [0.2, 0.25) is 0 Å². The normalized spacial score (nSPS) is 12.9. The predicted molar refractivity (Wildman–Crippen MR) is 113 cm³/mol. The number of thiazole rings is 1. The molecule has 30 heavy (non-hydrogen) atoms. The zero-order valence-electron chi connectivity index (χ0n) is 16.7. The lowest BCUT2D eigenvalue weighted by Crippen LogP contribution is -2.17. The van der Waals surface area contributed by atoms with Crippen LogP contribution in [0.3, 0.4) is 0 Å². The van der Waals surface area contributed by atoms with E-state index >= 15 is 0 Å². The van der Waals surface area contributed by atoms with Gasteiger partial charge in [0.25, 0.3) is 5.91 Å². The van der Waals surface area contributed by atoms with Gasteiger partial charge in [-0.25, -0.2) is 13.4 Å². The second-order valence-corrected chi connectivity index (χ2v) is 10.3. The van der Waals surface area contributed by atoms with Crippen LogP contribution in [0.4, 0.5) is 9.52 Å². The van der Waals surface area contributed by atoms with Crippen molar-refractivity contribution in [2.45, 2.75) is 31.4 Å². The number of benzene rings is 1. The molecule has 3 rings (SSSR count). The zero-order valence-corrected chi connectivity index (χ0v) is 18.3. The van der Waals surface area contributed by atoms with Crippen molar-refractivity contribution >= 4 is 32.2 Å². The molecule has 160 valence electrons. The maximum atomic E-state index is 13.2. The van der Waals surface area contributed by atoms with Crippen LogP contribution in [-0.4, -0.2) is 35.2 Å². The highest BCUT2D eigenvalue weighted by atomic mass is 32.2. The monoisotopic (exact) mass is 451 g/mol. The van der Waals surface area contributed by atoms with Crippen LogP contribution in [-0.2, 0) is 16.4 Å². The van der Waals surface area contributed by atoms with Crippen molar-refractivity contribution in [1.29, 1.82) is 0 Å². The molecule has 1 atom stereocenters. The van der Waals surface area contributed by atoms with E-state index in [0.717, 1.165) is 29.4 Å². The van der Waals surface area contributed by atoms with Crippen molar-refractivity contribution in [3.63, 3.8) is 0 Å². The summed E-state index contributed by atoms with van der Waals surface area (Å²) >= 11 is 0.717. The first-order valence-corrected chi connectivity index (χ1v) is 11.8. The number of aliphatic hydroxyl groups is 1. The smallest absolute Gasteiger partial charge is 0.274 e. The molecule has 1 aromatic carbocycles. The van der Waals surface area contributed by atoms with Crippen LogP contribution >= 0.6 is 11.3 Å². The Bertz CT molecular complexity index is 1150. The van der Waals surface area contributed by atoms with E-state index in [4.69, 9.17) is 0 Å². The summed E-state index contributed by atoms with van der Waals surface area (Å²) in [5.41, 5.74) is 1.62. The van der Waals surface area contributed by atoms with Gasteiger partial charge < -0.3 is 9.67 Å². The molecule has 2 heterocycles. The number of carbonyl (C=O) groups is 1. The minimum Gasteiger partial charge on any atom is -0.388 e. The summed E-state index contributed by atoms with van der Waals surface area (Å²) in [7, 11) is -3.30. The Labute approximate surface area is 178 Å². The fourth-order valence-corrected chi connectivity index (χ4v) is 4.08. The number of amides is 1. The first-order valence-electron chi connectivity index (χ1n) is 9.14. The van der Waals surface area contributed by atoms with Gasteiger partial charge in [0.15, 0.2) is 20.1 Å². The summed E-state index contributed by atoms with van der Waals surface area (Å²) in [6, 6.07) is 7.96. The van der Waals surface area contributed by atoms with Gasteiger partial charge in [-0.05, 0) is 35.2 Å². The minimum atomic E-state index is -3.30.